The number of hydrogen-bond acceptors (Lipinski definition) is 2. The molecule has 0 heterocycles. The molecular weight excluding hydrogens is 216 g/mol. The number of amides is 1. The molecule has 1 aromatic rings. The van der Waals surface area contributed by atoms with Crippen LogP contribution in [0.1, 0.15) is 5.56 Å². The SMILES string of the molecule is C#CCNC(=O)[C@H](Cc1ccccc1)N=[N+]=[N-]. The number of carbonyl (C=O) groups is 1. The van der Waals surface area contributed by atoms with Crippen LogP contribution in [0.2, 0.25) is 0 Å². The third-order valence-electron chi connectivity index (χ3n) is 2.13. The smallest absolute Gasteiger partial charge is 0.230 e. The maximum atomic E-state index is 11.6. The Morgan fingerprint density at radius 1 is 1.53 bits per heavy atom. The van der Waals surface area contributed by atoms with Gasteiger partial charge in [-0.05, 0) is 17.5 Å². The normalized spacial score (nSPS) is 10.8. The topological polar surface area (TPSA) is 77.9 Å². The zero-order chi connectivity index (χ0) is 12.5. The summed E-state index contributed by atoms with van der Waals surface area (Å²) in [6.45, 7) is 0.130. The maximum Gasteiger partial charge on any atom is 0.230 e. The monoisotopic (exact) mass is 228 g/mol. The van der Waals surface area contributed by atoms with Gasteiger partial charge in [-0.1, -0.05) is 41.4 Å². The highest BCUT2D eigenvalue weighted by Crippen LogP contribution is 2.06. The van der Waals surface area contributed by atoms with E-state index in [1.54, 1.807) is 0 Å². The van der Waals surface area contributed by atoms with Gasteiger partial charge in [0.2, 0.25) is 5.91 Å². The number of benzene rings is 1. The highest BCUT2D eigenvalue weighted by Gasteiger charge is 2.16. The molecule has 0 radical (unpaired) electrons. The van der Waals surface area contributed by atoms with Gasteiger partial charge >= 0.3 is 0 Å². The zero-order valence-corrected chi connectivity index (χ0v) is 9.21. The van der Waals surface area contributed by atoms with E-state index in [1.807, 2.05) is 30.3 Å². The Kier molecular flexibility index (Phi) is 5.15. The number of nitrogens with one attached hydrogen (secondary N) is 1. The summed E-state index contributed by atoms with van der Waals surface area (Å²) in [4.78, 5) is 14.3. The predicted octanol–water partition coefficient (Wildman–Crippen LogP) is 1.66. The minimum Gasteiger partial charge on any atom is -0.345 e. The average molecular weight is 228 g/mol. The summed E-state index contributed by atoms with van der Waals surface area (Å²) >= 11 is 0. The summed E-state index contributed by atoms with van der Waals surface area (Å²) in [5.41, 5.74) is 9.36. The van der Waals surface area contributed by atoms with Crippen molar-refractivity contribution in [1.29, 1.82) is 0 Å². The Morgan fingerprint density at radius 3 is 2.82 bits per heavy atom. The van der Waals surface area contributed by atoms with E-state index in [9.17, 15) is 4.79 Å². The molecule has 0 unspecified atom stereocenters. The standard InChI is InChI=1S/C12H12N4O/c1-2-8-14-12(17)11(15-16-13)9-10-6-4-3-5-7-10/h1,3-7,11H,8-9H2,(H,14,17)/t11-/m0/s1. The van der Waals surface area contributed by atoms with Crippen molar-refractivity contribution in [2.24, 2.45) is 5.11 Å². The largest absolute Gasteiger partial charge is 0.345 e. The Labute approximate surface area is 99.5 Å². The first-order valence-electron chi connectivity index (χ1n) is 5.07. The van der Waals surface area contributed by atoms with Crippen LogP contribution in [0.4, 0.5) is 0 Å². The second kappa shape index (κ2) is 6.94. The van der Waals surface area contributed by atoms with E-state index in [4.69, 9.17) is 12.0 Å². The lowest BCUT2D eigenvalue weighted by Crippen LogP contribution is -2.34. The molecule has 0 aromatic heterocycles. The predicted molar refractivity (Wildman–Crippen MR) is 64.9 cm³/mol. The molecule has 0 saturated carbocycles. The molecular formula is C12H12N4O. The fraction of sp³-hybridized carbons (Fsp3) is 0.250. The molecule has 0 aliphatic rings. The van der Waals surface area contributed by atoms with E-state index in [-0.39, 0.29) is 12.5 Å². The molecule has 1 aromatic carbocycles. The van der Waals surface area contributed by atoms with Crippen LogP contribution >= 0.6 is 0 Å². The molecule has 17 heavy (non-hydrogen) atoms. The van der Waals surface area contributed by atoms with Gasteiger partial charge in [0.25, 0.3) is 0 Å². The Morgan fingerprint density at radius 2 is 2.24 bits per heavy atom. The molecule has 1 amide bonds. The highest BCUT2D eigenvalue weighted by molar-refractivity contribution is 5.82. The van der Waals surface area contributed by atoms with Crippen LogP contribution in [-0.2, 0) is 11.2 Å². The first kappa shape index (κ1) is 12.6. The van der Waals surface area contributed by atoms with Crippen molar-refractivity contribution in [1.82, 2.24) is 5.32 Å². The first-order chi connectivity index (χ1) is 8.27. The van der Waals surface area contributed by atoms with Gasteiger partial charge < -0.3 is 5.32 Å². The lowest BCUT2D eigenvalue weighted by molar-refractivity contribution is -0.122. The first-order valence-corrected chi connectivity index (χ1v) is 5.07. The quantitative estimate of drug-likeness (QED) is 0.353. The molecule has 0 fully saturated rings. The second-order valence-corrected chi connectivity index (χ2v) is 3.33. The molecule has 0 spiro atoms. The molecule has 0 aliphatic carbocycles. The lowest BCUT2D eigenvalue weighted by atomic mass is 10.1. The third kappa shape index (κ3) is 4.29. The van der Waals surface area contributed by atoms with Gasteiger partial charge in [0.05, 0.1) is 6.54 Å². The van der Waals surface area contributed by atoms with Crippen LogP contribution in [0, 0.1) is 12.3 Å². The summed E-state index contributed by atoms with van der Waals surface area (Å²) in [6, 6.07) is 8.58. The third-order valence-corrected chi connectivity index (χ3v) is 2.13. The van der Waals surface area contributed by atoms with E-state index < -0.39 is 6.04 Å². The summed E-state index contributed by atoms with van der Waals surface area (Å²) in [5.74, 6) is 1.94. The van der Waals surface area contributed by atoms with Crippen molar-refractivity contribution in [3.8, 4) is 12.3 Å². The molecule has 5 nitrogen and oxygen atoms in total. The minimum atomic E-state index is -0.768. The number of terminal acetylenes is 1. The van der Waals surface area contributed by atoms with Crippen molar-refractivity contribution in [2.75, 3.05) is 6.54 Å². The second-order valence-electron chi connectivity index (χ2n) is 3.33. The molecule has 0 aliphatic heterocycles. The summed E-state index contributed by atoms with van der Waals surface area (Å²) in [5, 5.41) is 5.97. The van der Waals surface area contributed by atoms with Crippen molar-refractivity contribution < 1.29 is 4.79 Å². The van der Waals surface area contributed by atoms with Gasteiger partial charge in [0.15, 0.2) is 0 Å². The van der Waals surface area contributed by atoms with Crippen molar-refractivity contribution in [2.45, 2.75) is 12.5 Å². The van der Waals surface area contributed by atoms with Crippen LogP contribution in [0.5, 0.6) is 0 Å². The number of hydrogen-bond donors (Lipinski definition) is 1. The Bertz CT molecular complexity index is 457. The number of rotatable bonds is 5. The van der Waals surface area contributed by atoms with Crippen LogP contribution in [-0.4, -0.2) is 18.5 Å². The number of carbonyl (C=O) groups excluding carboxylic acids is 1. The molecule has 1 rings (SSSR count). The van der Waals surface area contributed by atoms with Crippen LogP contribution in [0.25, 0.3) is 10.4 Å². The maximum absolute atomic E-state index is 11.6. The fourth-order valence-corrected chi connectivity index (χ4v) is 1.34. The van der Waals surface area contributed by atoms with Crippen molar-refractivity contribution in [3.05, 3.63) is 46.3 Å². The Balaban J connectivity index is 2.70. The minimum absolute atomic E-state index is 0.130. The van der Waals surface area contributed by atoms with Crippen molar-refractivity contribution >= 4 is 5.91 Å². The van der Waals surface area contributed by atoms with Crippen molar-refractivity contribution in [3.63, 3.8) is 0 Å². The highest BCUT2D eigenvalue weighted by atomic mass is 16.2. The number of azide groups is 1. The summed E-state index contributed by atoms with van der Waals surface area (Å²) in [6.07, 6.45) is 5.40. The van der Waals surface area contributed by atoms with Crippen LogP contribution in [0.3, 0.4) is 0 Å². The van der Waals surface area contributed by atoms with Crippen LogP contribution < -0.4 is 5.32 Å². The molecule has 1 atom stereocenters. The molecule has 0 saturated heterocycles. The average Bonchev–Trinajstić information content (AvgIpc) is 2.36. The van der Waals surface area contributed by atoms with Gasteiger partial charge in [-0.3, -0.25) is 4.79 Å². The number of nitrogens with zero attached hydrogens (tertiary/aromatic N) is 3. The van der Waals surface area contributed by atoms with Crippen LogP contribution in [0.15, 0.2) is 35.4 Å². The lowest BCUT2D eigenvalue weighted by Gasteiger charge is -2.10. The Hall–Kier alpha value is -2.44. The van der Waals surface area contributed by atoms with Gasteiger partial charge in [-0.25, -0.2) is 0 Å². The molecule has 86 valence electrons. The molecule has 5 heteroatoms. The van der Waals surface area contributed by atoms with Gasteiger partial charge in [0.1, 0.15) is 6.04 Å². The molecule has 1 N–H and O–H groups in total. The summed E-state index contributed by atoms with van der Waals surface area (Å²) in [7, 11) is 0. The van der Waals surface area contributed by atoms with E-state index in [2.05, 4.69) is 21.3 Å². The fourth-order valence-electron chi connectivity index (χ4n) is 1.34. The van der Waals surface area contributed by atoms with E-state index in [1.165, 1.54) is 0 Å². The van der Waals surface area contributed by atoms with Gasteiger partial charge in [0, 0.05) is 4.91 Å². The van der Waals surface area contributed by atoms with Gasteiger partial charge in [-0.2, -0.15) is 0 Å². The van der Waals surface area contributed by atoms with E-state index in [0.717, 1.165) is 5.56 Å². The van der Waals surface area contributed by atoms with E-state index in [0.29, 0.717) is 6.42 Å². The molecule has 0 bridgehead atoms. The van der Waals surface area contributed by atoms with E-state index >= 15 is 0 Å². The summed E-state index contributed by atoms with van der Waals surface area (Å²) < 4.78 is 0. The zero-order valence-electron chi connectivity index (χ0n) is 9.21. The van der Waals surface area contributed by atoms with Gasteiger partial charge in [-0.15, -0.1) is 6.42 Å².